The van der Waals surface area contributed by atoms with Crippen molar-refractivity contribution in [2.45, 2.75) is 19.9 Å². The molecule has 0 amide bonds. The molecule has 0 aliphatic carbocycles. The first kappa shape index (κ1) is 22.6. The molecule has 9 heteroatoms. The highest BCUT2D eigenvalue weighted by molar-refractivity contribution is 7.11. The summed E-state index contributed by atoms with van der Waals surface area (Å²) in [6.45, 7) is 6.66. The summed E-state index contributed by atoms with van der Waals surface area (Å²) in [5, 5.41) is 1.94. The number of allylic oxidation sites excluding steroid dienone is 1. The molecule has 0 N–H and O–H groups in total. The van der Waals surface area contributed by atoms with Crippen LogP contribution >= 0.6 is 22.7 Å². The number of fused-ring (bicyclic) bond motifs is 1. The summed E-state index contributed by atoms with van der Waals surface area (Å²) in [5.74, 6) is -0.640. The topological polar surface area (TPSA) is 87.0 Å². The highest BCUT2D eigenvalue weighted by Crippen LogP contribution is 2.31. The van der Waals surface area contributed by atoms with Gasteiger partial charge in [-0.3, -0.25) is 14.2 Å². The van der Waals surface area contributed by atoms with Crippen LogP contribution in [0.2, 0.25) is 0 Å². The van der Waals surface area contributed by atoms with Gasteiger partial charge < -0.3 is 9.47 Å². The number of benzene rings is 1. The minimum absolute atomic E-state index is 0.0382. The first-order valence-corrected chi connectivity index (χ1v) is 11.7. The van der Waals surface area contributed by atoms with Crippen LogP contribution in [0.25, 0.3) is 6.08 Å². The molecule has 3 heterocycles. The molecule has 1 aliphatic heterocycles. The van der Waals surface area contributed by atoms with Crippen LogP contribution in [0.3, 0.4) is 0 Å². The van der Waals surface area contributed by atoms with Gasteiger partial charge in [0.05, 0.1) is 21.8 Å². The van der Waals surface area contributed by atoms with Crippen molar-refractivity contribution < 1.29 is 19.1 Å². The van der Waals surface area contributed by atoms with Crippen molar-refractivity contribution in [3.8, 4) is 5.75 Å². The minimum atomic E-state index is -0.740. The zero-order valence-electron chi connectivity index (χ0n) is 17.9. The highest BCUT2D eigenvalue weighted by atomic mass is 32.1. The standard InChI is InChI=1S/C24H20N2O5S2/c1-4-11-30-23(29)20-14(2)25-24-26(22(28)19(33-24)13-18-6-5-12-32-18)21(20)16-7-9-17(10-8-16)31-15(3)27/h4-10,12-13,21H,1,11H2,2-3H3/b19-13+/t21-/m1/s1. The van der Waals surface area contributed by atoms with E-state index in [1.807, 2.05) is 23.6 Å². The molecule has 0 spiro atoms. The van der Waals surface area contributed by atoms with Gasteiger partial charge in [-0.1, -0.05) is 42.2 Å². The number of esters is 2. The molecular formula is C24H20N2O5S2. The average molecular weight is 481 g/mol. The molecule has 168 valence electrons. The fourth-order valence-electron chi connectivity index (χ4n) is 3.50. The Morgan fingerprint density at radius 1 is 1.24 bits per heavy atom. The maximum Gasteiger partial charge on any atom is 0.338 e. The molecule has 2 aromatic heterocycles. The lowest BCUT2D eigenvalue weighted by Gasteiger charge is -2.24. The molecular weight excluding hydrogens is 460 g/mol. The van der Waals surface area contributed by atoms with Crippen molar-refractivity contribution in [1.82, 2.24) is 4.57 Å². The molecule has 33 heavy (non-hydrogen) atoms. The second-order valence-electron chi connectivity index (χ2n) is 7.15. The van der Waals surface area contributed by atoms with E-state index in [2.05, 4.69) is 11.6 Å². The van der Waals surface area contributed by atoms with Gasteiger partial charge in [0.1, 0.15) is 12.4 Å². The van der Waals surface area contributed by atoms with Crippen molar-refractivity contribution in [3.05, 3.63) is 95.8 Å². The molecule has 1 aliphatic rings. The Balaban J connectivity index is 1.89. The van der Waals surface area contributed by atoms with Crippen molar-refractivity contribution in [2.24, 2.45) is 4.99 Å². The van der Waals surface area contributed by atoms with E-state index < -0.39 is 18.0 Å². The number of carbonyl (C=O) groups is 2. The lowest BCUT2D eigenvalue weighted by Crippen LogP contribution is -2.39. The fourth-order valence-corrected chi connectivity index (χ4v) is 5.27. The van der Waals surface area contributed by atoms with Crippen LogP contribution in [0.15, 0.2) is 75.5 Å². The van der Waals surface area contributed by atoms with E-state index in [-0.39, 0.29) is 17.7 Å². The van der Waals surface area contributed by atoms with Gasteiger partial charge in [0, 0.05) is 11.8 Å². The number of hydrogen-bond donors (Lipinski definition) is 0. The summed E-state index contributed by atoms with van der Waals surface area (Å²) >= 11 is 2.80. The SMILES string of the molecule is C=CCOC(=O)C1=C(C)N=c2s/c(=C/c3cccs3)c(=O)n2[C@@H]1c1ccc(OC(C)=O)cc1. The Labute approximate surface area is 197 Å². The van der Waals surface area contributed by atoms with E-state index in [0.717, 1.165) is 4.88 Å². The second kappa shape index (κ2) is 9.51. The van der Waals surface area contributed by atoms with Crippen molar-refractivity contribution in [1.29, 1.82) is 0 Å². The number of carbonyl (C=O) groups excluding carboxylic acids is 2. The summed E-state index contributed by atoms with van der Waals surface area (Å²) < 4.78 is 12.5. The minimum Gasteiger partial charge on any atom is -0.458 e. The first-order valence-electron chi connectivity index (χ1n) is 10.0. The predicted molar refractivity (Wildman–Crippen MR) is 127 cm³/mol. The quantitative estimate of drug-likeness (QED) is 0.308. The summed E-state index contributed by atoms with van der Waals surface area (Å²) in [5.41, 5.74) is 1.16. The number of thiazole rings is 1. The average Bonchev–Trinajstić information content (AvgIpc) is 3.39. The van der Waals surface area contributed by atoms with Gasteiger partial charge in [0.25, 0.3) is 5.56 Å². The first-order chi connectivity index (χ1) is 15.9. The van der Waals surface area contributed by atoms with Crippen LogP contribution in [0.4, 0.5) is 0 Å². The number of nitrogens with zero attached hydrogens (tertiary/aromatic N) is 2. The summed E-state index contributed by atoms with van der Waals surface area (Å²) in [4.78, 5) is 43.7. The van der Waals surface area contributed by atoms with Crippen LogP contribution < -0.4 is 19.6 Å². The Hall–Kier alpha value is -3.56. The molecule has 1 atom stereocenters. The molecule has 0 saturated carbocycles. The van der Waals surface area contributed by atoms with Gasteiger partial charge in [0.2, 0.25) is 0 Å². The van der Waals surface area contributed by atoms with Crippen LogP contribution in [-0.4, -0.2) is 23.1 Å². The van der Waals surface area contributed by atoms with Gasteiger partial charge in [-0.2, -0.15) is 0 Å². The third-order valence-corrected chi connectivity index (χ3v) is 6.65. The normalized spacial score (nSPS) is 15.6. The van der Waals surface area contributed by atoms with Crippen LogP contribution in [0, 0.1) is 0 Å². The summed E-state index contributed by atoms with van der Waals surface area (Å²) in [6, 6.07) is 9.80. The third kappa shape index (κ3) is 4.64. The van der Waals surface area contributed by atoms with Gasteiger partial charge in [-0.05, 0) is 42.1 Å². The summed E-state index contributed by atoms with van der Waals surface area (Å²) in [7, 11) is 0. The van der Waals surface area contributed by atoms with Crippen LogP contribution in [0.1, 0.15) is 30.3 Å². The van der Waals surface area contributed by atoms with E-state index in [1.165, 1.54) is 40.2 Å². The molecule has 0 unspecified atom stereocenters. The zero-order chi connectivity index (χ0) is 23.5. The Morgan fingerprint density at radius 3 is 2.64 bits per heavy atom. The van der Waals surface area contributed by atoms with Gasteiger partial charge in [-0.25, -0.2) is 9.79 Å². The number of ether oxygens (including phenoxy) is 2. The Morgan fingerprint density at radius 2 is 2.00 bits per heavy atom. The fraction of sp³-hybridized carbons (Fsp3) is 0.167. The molecule has 3 aromatic rings. The van der Waals surface area contributed by atoms with Crippen molar-refractivity contribution in [3.63, 3.8) is 0 Å². The molecule has 7 nitrogen and oxygen atoms in total. The summed E-state index contributed by atoms with van der Waals surface area (Å²) in [6.07, 6.45) is 3.30. The van der Waals surface area contributed by atoms with E-state index >= 15 is 0 Å². The zero-order valence-corrected chi connectivity index (χ0v) is 19.6. The highest BCUT2D eigenvalue weighted by Gasteiger charge is 2.33. The monoisotopic (exact) mass is 480 g/mol. The maximum absolute atomic E-state index is 13.5. The van der Waals surface area contributed by atoms with E-state index in [0.29, 0.717) is 26.3 Å². The largest absolute Gasteiger partial charge is 0.458 e. The predicted octanol–water partition coefficient (Wildman–Crippen LogP) is 2.95. The lowest BCUT2D eigenvalue weighted by molar-refractivity contribution is -0.138. The van der Waals surface area contributed by atoms with E-state index in [4.69, 9.17) is 9.47 Å². The Bertz CT molecular complexity index is 1430. The van der Waals surface area contributed by atoms with Crippen molar-refractivity contribution in [2.75, 3.05) is 6.61 Å². The number of aromatic nitrogens is 1. The third-order valence-electron chi connectivity index (χ3n) is 4.85. The smallest absolute Gasteiger partial charge is 0.338 e. The lowest BCUT2D eigenvalue weighted by atomic mass is 9.96. The number of thiophene rings is 1. The maximum atomic E-state index is 13.5. The van der Waals surface area contributed by atoms with E-state index in [9.17, 15) is 14.4 Å². The van der Waals surface area contributed by atoms with E-state index in [1.54, 1.807) is 31.2 Å². The van der Waals surface area contributed by atoms with Crippen LogP contribution in [0.5, 0.6) is 5.75 Å². The van der Waals surface area contributed by atoms with Gasteiger partial charge in [-0.15, -0.1) is 11.3 Å². The Kier molecular flexibility index (Phi) is 6.52. The molecule has 0 fully saturated rings. The second-order valence-corrected chi connectivity index (χ2v) is 9.14. The van der Waals surface area contributed by atoms with Gasteiger partial charge >= 0.3 is 11.9 Å². The number of hydrogen-bond acceptors (Lipinski definition) is 8. The number of rotatable bonds is 6. The van der Waals surface area contributed by atoms with Crippen LogP contribution in [-0.2, 0) is 14.3 Å². The van der Waals surface area contributed by atoms with Crippen molar-refractivity contribution >= 4 is 40.7 Å². The molecule has 0 radical (unpaired) electrons. The molecule has 4 rings (SSSR count). The molecule has 0 saturated heterocycles. The van der Waals surface area contributed by atoms with Gasteiger partial charge in [0.15, 0.2) is 4.80 Å². The molecule has 1 aromatic carbocycles. The molecule has 0 bridgehead atoms.